The summed E-state index contributed by atoms with van der Waals surface area (Å²) in [4.78, 5) is 0. The average Bonchev–Trinajstić information content (AvgIpc) is 2.17. The number of hydrogen-bond donors (Lipinski definition) is 1. The summed E-state index contributed by atoms with van der Waals surface area (Å²) in [7, 11) is 0. The van der Waals surface area contributed by atoms with E-state index in [0.29, 0.717) is 12.3 Å². The normalized spacial score (nSPS) is 47.8. The SMILES string of the molecule is CC1CCCC(C2(F)CCCC(N)C2)C1. The number of rotatable bonds is 1. The van der Waals surface area contributed by atoms with E-state index in [4.69, 9.17) is 5.73 Å². The first-order valence-corrected chi connectivity index (χ1v) is 6.54. The van der Waals surface area contributed by atoms with Crippen molar-refractivity contribution in [3.8, 4) is 0 Å². The second-order valence-corrected chi connectivity index (χ2v) is 5.86. The molecule has 0 aromatic heterocycles. The minimum Gasteiger partial charge on any atom is -0.328 e. The number of alkyl halides is 1. The third-order valence-corrected chi connectivity index (χ3v) is 4.44. The van der Waals surface area contributed by atoms with Crippen LogP contribution in [0.15, 0.2) is 0 Å². The monoisotopic (exact) mass is 213 g/mol. The molecule has 2 saturated carbocycles. The van der Waals surface area contributed by atoms with E-state index in [0.717, 1.165) is 38.0 Å². The van der Waals surface area contributed by atoms with Crippen LogP contribution in [0.2, 0.25) is 0 Å². The highest BCUT2D eigenvalue weighted by Crippen LogP contribution is 2.45. The van der Waals surface area contributed by atoms with Crippen molar-refractivity contribution >= 4 is 0 Å². The predicted molar refractivity (Wildman–Crippen MR) is 61.4 cm³/mol. The molecular formula is C13H24FN. The van der Waals surface area contributed by atoms with Crippen molar-refractivity contribution in [1.29, 1.82) is 0 Å². The summed E-state index contributed by atoms with van der Waals surface area (Å²) in [6.45, 7) is 2.26. The van der Waals surface area contributed by atoms with Gasteiger partial charge in [0.15, 0.2) is 0 Å². The molecule has 2 rings (SSSR count). The summed E-state index contributed by atoms with van der Waals surface area (Å²) in [6.07, 6.45) is 8.07. The van der Waals surface area contributed by atoms with Gasteiger partial charge in [-0.1, -0.05) is 19.8 Å². The van der Waals surface area contributed by atoms with E-state index in [1.54, 1.807) is 0 Å². The average molecular weight is 213 g/mol. The van der Waals surface area contributed by atoms with Gasteiger partial charge in [-0.2, -0.15) is 0 Å². The van der Waals surface area contributed by atoms with E-state index < -0.39 is 5.67 Å². The van der Waals surface area contributed by atoms with Crippen LogP contribution in [0.3, 0.4) is 0 Å². The first kappa shape index (κ1) is 11.4. The molecule has 1 nitrogen and oxygen atoms in total. The fourth-order valence-electron chi connectivity index (χ4n) is 3.57. The zero-order valence-corrected chi connectivity index (χ0v) is 9.84. The molecule has 2 heteroatoms. The molecule has 4 unspecified atom stereocenters. The van der Waals surface area contributed by atoms with Gasteiger partial charge in [-0.15, -0.1) is 0 Å². The van der Waals surface area contributed by atoms with Gasteiger partial charge >= 0.3 is 0 Å². The molecule has 2 aliphatic carbocycles. The fraction of sp³-hybridized carbons (Fsp3) is 1.00. The molecule has 0 aliphatic heterocycles. The third-order valence-electron chi connectivity index (χ3n) is 4.44. The second-order valence-electron chi connectivity index (χ2n) is 5.86. The molecule has 0 heterocycles. The van der Waals surface area contributed by atoms with E-state index in [9.17, 15) is 4.39 Å². The van der Waals surface area contributed by atoms with Gasteiger partial charge in [0.2, 0.25) is 0 Å². The highest BCUT2D eigenvalue weighted by atomic mass is 19.1. The lowest BCUT2D eigenvalue weighted by molar-refractivity contribution is 0.00352. The van der Waals surface area contributed by atoms with Crippen molar-refractivity contribution in [2.45, 2.75) is 70.0 Å². The lowest BCUT2D eigenvalue weighted by Gasteiger charge is -2.42. The molecule has 15 heavy (non-hydrogen) atoms. The largest absolute Gasteiger partial charge is 0.328 e. The molecule has 0 aromatic carbocycles. The fourth-order valence-corrected chi connectivity index (χ4v) is 3.57. The highest BCUT2D eigenvalue weighted by molar-refractivity contribution is 4.95. The minimum atomic E-state index is -0.924. The van der Waals surface area contributed by atoms with Crippen LogP contribution >= 0.6 is 0 Å². The summed E-state index contributed by atoms with van der Waals surface area (Å²) in [6, 6.07) is 0.112. The Balaban J connectivity index is 2.00. The molecule has 0 radical (unpaired) electrons. The molecule has 0 aromatic rings. The molecule has 0 bridgehead atoms. The lowest BCUT2D eigenvalue weighted by Crippen LogP contribution is -2.44. The number of halogens is 1. The molecule has 2 fully saturated rings. The number of hydrogen-bond acceptors (Lipinski definition) is 1. The van der Waals surface area contributed by atoms with E-state index in [2.05, 4.69) is 6.92 Å². The molecular weight excluding hydrogens is 189 g/mol. The Kier molecular flexibility index (Phi) is 3.34. The summed E-state index contributed by atoms with van der Waals surface area (Å²) >= 11 is 0. The van der Waals surface area contributed by atoms with Crippen LogP contribution < -0.4 is 5.73 Å². The summed E-state index contributed by atoms with van der Waals surface area (Å²) in [5.41, 5.74) is 4.99. The topological polar surface area (TPSA) is 26.0 Å². The Morgan fingerprint density at radius 3 is 2.67 bits per heavy atom. The predicted octanol–water partition coefficient (Wildman–Crippen LogP) is 3.42. The smallest absolute Gasteiger partial charge is 0.115 e. The van der Waals surface area contributed by atoms with Crippen LogP contribution in [-0.4, -0.2) is 11.7 Å². The maximum absolute atomic E-state index is 14.8. The Morgan fingerprint density at radius 2 is 2.00 bits per heavy atom. The first-order chi connectivity index (χ1) is 7.10. The van der Waals surface area contributed by atoms with Crippen molar-refractivity contribution in [1.82, 2.24) is 0 Å². The Labute approximate surface area is 92.6 Å². The molecule has 0 amide bonds. The van der Waals surface area contributed by atoms with Crippen molar-refractivity contribution in [2.75, 3.05) is 0 Å². The van der Waals surface area contributed by atoms with E-state index in [-0.39, 0.29) is 6.04 Å². The van der Waals surface area contributed by atoms with Gasteiger partial charge in [0.25, 0.3) is 0 Å². The quantitative estimate of drug-likeness (QED) is 0.709. The minimum absolute atomic E-state index is 0.112. The molecule has 2 N–H and O–H groups in total. The van der Waals surface area contributed by atoms with Gasteiger partial charge in [0.05, 0.1) is 0 Å². The molecule has 88 valence electrons. The molecule has 0 spiro atoms. The van der Waals surface area contributed by atoms with Crippen LogP contribution in [0, 0.1) is 11.8 Å². The maximum Gasteiger partial charge on any atom is 0.115 e. The lowest BCUT2D eigenvalue weighted by atomic mass is 9.68. The van der Waals surface area contributed by atoms with E-state index >= 15 is 0 Å². The van der Waals surface area contributed by atoms with E-state index in [1.165, 1.54) is 12.8 Å². The summed E-state index contributed by atoms with van der Waals surface area (Å²) in [5, 5.41) is 0. The van der Waals surface area contributed by atoms with Crippen molar-refractivity contribution in [3.63, 3.8) is 0 Å². The summed E-state index contributed by atoms with van der Waals surface area (Å²) < 4.78 is 14.8. The molecule has 2 aliphatic rings. The Hall–Kier alpha value is -0.110. The molecule has 0 saturated heterocycles. The summed E-state index contributed by atoms with van der Waals surface area (Å²) in [5.74, 6) is 1.02. The van der Waals surface area contributed by atoms with Gasteiger partial charge in [-0.3, -0.25) is 0 Å². The second kappa shape index (κ2) is 4.40. The van der Waals surface area contributed by atoms with E-state index in [1.807, 2.05) is 0 Å². The Morgan fingerprint density at radius 1 is 1.20 bits per heavy atom. The van der Waals surface area contributed by atoms with Crippen LogP contribution in [0.25, 0.3) is 0 Å². The van der Waals surface area contributed by atoms with Gasteiger partial charge < -0.3 is 5.73 Å². The van der Waals surface area contributed by atoms with Crippen LogP contribution in [-0.2, 0) is 0 Å². The highest BCUT2D eigenvalue weighted by Gasteiger charge is 2.43. The van der Waals surface area contributed by atoms with Crippen molar-refractivity contribution in [3.05, 3.63) is 0 Å². The zero-order chi connectivity index (χ0) is 10.9. The zero-order valence-electron chi connectivity index (χ0n) is 9.84. The van der Waals surface area contributed by atoms with Gasteiger partial charge in [-0.05, 0) is 50.4 Å². The van der Waals surface area contributed by atoms with Gasteiger partial charge in [0, 0.05) is 6.04 Å². The van der Waals surface area contributed by atoms with Crippen molar-refractivity contribution < 1.29 is 4.39 Å². The Bertz CT molecular complexity index is 219. The van der Waals surface area contributed by atoms with Crippen LogP contribution in [0.4, 0.5) is 4.39 Å². The van der Waals surface area contributed by atoms with Gasteiger partial charge in [-0.25, -0.2) is 4.39 Å². The maximum atomic E-state index is 14.8. The van der Waals surface area contributed by atoms with Gasteiger partial charge in [0.1, 0.15) is 5.67 Å². The van der Waals surface area contributed by atoms with Crippen LogP contribution in [0.5, 0.6) is 0 Å². The van der Waals surface area contributed by atoms with Crippen molar-refractivity contribution in [2.24, 2.45) is 17.6 Å². The standard InChI is InChI=1S/C13H24FN/c1-10-4-2-5-11(8-10)13(14)7-3-6-12(15)9-13/h10-12H,2-9,15H2,1H3. The third kappa shape index (κ3) is 2.52. The molecule has 4 atom stereocenters. The number of nitrogens with two attached hydrogens (primary N) is 1. The van der Waals surface area contributed by atoms with Crippen LogP contribution in [0.1, 0.15) is 58.3 Å². The first-order valence-electron chi connectivity index (χ1n) is 6.54.